The van der Waals surface area contributed by atoms with Gasteiger partial charge in [-0.15, -0.1) is 0 Å². The zero-order chi connectivity index (χ0) is 21.9. The molecule has 0 saturated carbocycles. The van der Waals surface area contributed by atoms with E-state index in [1.807, 2.05) is 6.07 Å². The minimum absolute atomic E-state index is 0.401. The molecule has 3 nitrogen and oxygen atoms in total. The van der Waals surface area contributed by atoms with Crippen LogP contribution >= 0.6 is 11.6 Å². The summed E-state index contributed by atoms with van der Waals surface area (Å²) in [6.45, 7) is 3.52. The van der Waals surface area contributed by atoms with Crippen molar-refractivity contribution in [1.29, 1.82) is 0 Å². The summed E-state index contributed by atoms with van der Waals surface area (Å²) in [5, 5.41) is 12.8. The molecule has 4 aromatic rings. The van der Waals surface area contributed by atoms with Gasteiger partial charge < -0.3 is 9.67 Å². The number of aliphatic hydroxyl groups excluding tert-OH is 1. The molecule has 0 bridgehead atoms. The first-order chi connectivity index (χ1) is 15.7. The Kier molecular flexibility index (Phi) is 6.31. The molecular weight excluding hydrogens is 416 g/mol. The molecule has 32 heavy (non-hydrogen) atoms. The second-order valence-corrected chi connectivity index (χ2v) is 9.20. The Morgan fingerprint density at radius 2 is 1.56 bits per heavy atom. The summed E-state index contributed by atoms with van der Waals surface area (Å²) < 4.78 is 2.34. The SMILES string of the molecule is OC1CCCc2c1n(CCN(Cc1ccccc1)Cc1ccccc1)c1ccc(Cl)cc21. The van der Waals surface area contributed by atoms with Crippen LogP contribution in [0.25, 0.3) is 10.9 Å². The number of benzene rings is 3. The van der Waals surface area contributed by atoms with E-state index in [9.17, 15) is 5.11 Å². The lowest BCUT2D eigenvalue weighted by molar-refractivity contribution is 0.145. The second-order valence-electron chi connectivity index (χ2n) is 8.77. The Balaban J connectivity index is 1.45. The number of aromatic nitrogens is 1. The number of aryl methyl sites for hydroxylation is 1. The molecule has 164 valence electrons. The van der Waals surface area contributed by atoms with Crippen LogP contribution in [0.5, 0.6) is 0 Å². The van der Waals surface area contributed by atoms with Gasteiger partial charge >= 0.3 is 0 Å². The second kappa shape index (κ2) is 9.50. The van der Waals surface area contributed by atoms with Gasteiger partial charge in [0.2, 0.25) is 0 Å². The van der Waals surface area contributed by atoms with Gasteiger partial charge in [0.15, 0.2) is 0 Å². The lowest BCUT2D eigenvalue weighted by Crippen LogP contribution is -2.28. The topological polar surface area (TPSA) is 28.4 Å². The molecule has 0 radical (unpaired) electrons. The van der Waals surface area contributed by atoms with Crippen LogP contribution in [0.4, 0.5) is 0 Å². The fourth-order valence-corrected chi connectivity index (χ4v) is 5.22. The van der Waals surface area contributed by atoms with E-state index >= 15 is 0 Å². The van der Waals surface area contributed by atoms with E-state index in [1.165, 1.54) is 27.6 Å². The fraction of sp³-hybridized carbons (Fsp3) is 0.286. The van der Waals surface area contributed by atoms with Crippen molar-refractivity contribution in [3.8, 4) is 0 Å². The first kappa shape index (κ1) is 21.3. The molecule has 0 aliphatic heterocycles. The lowest BCUT2D eigenvalue weighted by Gasteiger charge is -2.26. The highest BCUT2D eigenvalue weighted by Gasteiger charge is 2.26. The number of halogens is 1. The number of hydrogen-bond acceptors (Lipinski definition) is 2. The van der Waals surface area contributed by atoms with Crippen LogP contribution in [-0.2, 0) is 26.1 Å². The van der Waals surface area contributed by atoms with Gasteiger partial charge in [-0.05, 0) is 54.2 Å². The quantitative estimate of drug-likeness (QED) is 0.359. The molecule has 1 aromatic heterocycles. The summed E-state index contributed by atoms with van der Waals surface area (Å²) in [5.41, 5.74) is 6.18. The maximum absolute atomic E-state index is 10.9. The molecule has 0 saturated heterocycles. The molecular formula is C28H29ClN2O. The molecule has 3 aromatic carbocycles. The highest BCUT2D eigenvalue weighted by atomic mass is 35.5. The molecule has 4 heteroatoms. The minimum Gasteiger partial charge on any atom is -0.387 e. The zero-order valence-electron chi connectivity index (χ0n) is 18.3. The van der Waals surface area contributed by atoms with Gasteiger partial charge in [-0.3, -0.25) is 4.90 Å². The zero-order valence-corrected chi connectivity index (χ0v) is 19.0. The fourth-order valence-electron chi connectivity index (χ4n) is 5.05. The number of nitrogens with zero attached hydrogens (tertiary/aromatic N) is 2. The standard InChI is InChI=1S/C28H29ClN2O/c29-23-14-15-26-25(18-23)24-12-7-13-27(32)28(24)31(26)17-16-30(19-21-8-3-1-4-9-21)20-22-10-5-2-6-11-22/h1-6,8-11,14-15,18,27,32H,7,12-13,16-17,19-20H2. The maximum Gasteiger partial charge on any atom is 0.0943 e. The average molecular weight is 445 g/mol. The maximum atomic E-state index is 10.9. The molecule has 0 amide bonds. The molecule has 0 spiro atoms. The summed E-state index contributed by atoms with van der Waals surface area (Å²) in [6, 6.07) is 27.4. The largest absolute Gasteiger partial charge is 0.387 e. The minimum atomic E-state index is -0.401. The molecule has 1 atom stereocenters. The van der Waals surface area contributed by atoms with Gasteiger partial charge in [-0.1, -0.05) is 72.3 Å². The lowest BCUT2D eigenvalue weighted by atomic mass is 9.93. The third-order valence-corrected chi connectivity index (χ3v) is 6.77. The van der Waals surface area contributed by atoms with Crippen molar-refractivity contribution in [1.82, 2.24) is 9.47 Å². The Bertz CT molecular complexity index is 1150. The molecule has 5 rings (SSSR count). The van der Waals surface area contributed by atoms with Crippen LogP contribution in [-0.4, -0.2) is 21.1 Å². The van der Waals surface area contributed by atoms with Crippen molar-refractivity contribution in [2.45, 2.75) is 45.0 Å². The van der Waals surface area contributed by atoms with Crippen molar-refractivity contribution >= 4 is 22.5 Å². The van der Waals surface area contributed by atoms with E-state index in [-0.39, 0.29) is 0 Å². The number of rotatable bonds is 7. The molecule has 1 aliphatic rings. The van der Waals surface area contributed by atoms with Crippen molar-refractivity contribution in [2.75, 3.05) is 6.54 Å². The highest BCUT2D eigenvalue weighted by molar-refractivity contribution is 6.31. The Morgan fingerprint density at radius 3 is 2.22 bits per heavy atom. The monoisotopic (exact) mass is 444 g/mol. The summed E-state index contributed by atoms with van der Waals surface area (Å²) >= 11 is 6.33. The third kappa shape index (κ3) is 4.47. The van der Waals surface area contributed by atoms with Crippen molar-refractivity contribution < 1.29 is 5.11 Å². The van der Waals surface area contributed by atoms with E-state index in [1.54, 1.807) is 0 Å². The molecule has 1 N–H and O–H groups in total. The predicted molar refractivity (Wildman–Crippen MR) is 132 cm³/mol. The van der Waals surface area contributed by atoms with Crippen LogP contribution < -0.4 is 0 Å². The van der Waals surface area contributed by atoms with Crippen LogP contribution in [0.3, 0.4) is 0 Å². The molecule has 0 fully saturated rings. The van der Waals surface area contributed by atoms with E-state index < -0.39 is 6.10 Å². The van der Waals surface area contributed by atoms with E-state index in [0.717, 1.165) is 56.2 Å². The highest BCUT2D eigenvalue weighted by Crippen LogP contribution is 2.38. The first-order valence-corrected chi connectivity index (χ1v) is 11.9. The van der Waals surface area contributed by atoms with Gasteiger partial charge in [0.05, 0.1) is 11.8 Å². The van der Waals surface area contributed by atoms with Crippen LogP contribution in [0.2, 0.25) is 5.02 Å². The van der Waals surface area contributed by atoms with Crippen LogP contribution in [0.15, 0.2) is 78.9 Å². The summed E-state index contributed by atoms with van der Waals surface area (Å²) in [4.78, 5) is 2.49. The molecule has 1 heterocycles. The van der Waals surface area contributed by atoms with Gasteiger partial charge in [0.25, 0.3) is 0 Å². The van der Waals surface area contributed by atoms with Gasteiger partial charge in [0.1, 0.15) is 0 Å². The normalized spacial score (nSPS) is 15.9. The Labute approximate surface area is 194 Å². The predicted octanol–water partition coefficient (Wildman–Crippen LogP) is 6.37. The van der Waals surface area contributed by atoms with Gasteiger partial charge in [-0.2, -0.15) is 0 Å². The van der Waals surface area contributed by atoms with Crippen molar-refractivity contribution in [3.63, 3.8) is 0 Å². The Hall–Kier alpha value is -2.59. The van der Waals surface area contributed by atoms with Crippen LogP contribution in [0, 0.1) is 0 Å². The van der Waals surface area contributed by atoms with Gasteiger partial charge in [-0.25, -0.2) is 0 Å². The Morgan fingerprint density at radius 1 is 0.906 bits per heavy atom. The van der Waals surface area contributed by atoms with Crippen LogP contribution in [0.1, 0.15) is 41.3 Å². The number of hydrogen-bond donors (Lipinski definition) is 1. The summed E-state index contributed by atoms with van der Waals surface area (Å²) in [7, 11) is 0. The molecule has 1 aliphatic carbocycles. The first-order valence-electron chi connectivity index (χ1n) is 11.5. The van der Waals surface area contributed by atoms with E-state index in [2.05, 4.69) is 82.3 Å². The number of fused-ring (bicyclic) bond motifs is 3. The summed E-state index contributed by atoms with van der Waals surface area (Å²) in [6.07, 6.45) is 2.46. The van der Waals surface area contributed by atoms with E-state index in [4.69, 9.17) is 11.6 Å². The summed E-state index contributed by atoms with van der Waals surface area (Å²) in [5.74, 6) is 0. The number of aliphatic hydroxyl groups is 1. The molecule has 1 unspecified atom stereocenters. The van der Waals surface area contributed by atoms with E-state index in [0.29, 0.717) is 0 Å². The van der Waals surface area contributed by atoms with Crippen molar-refractivity contribution in [3.05, 3.63) is 106 Å². The van der Waals surface area contributed by atoms with Crippen molar-refractivity contribution in [2.24, 2.45) is 0 Å². The third-order valence-electron chi connectivity index (χ3n) is 6.53. The average Bonchev–Trinajstić information content (AvgIpc) is 3.13. The van der Waals surface area contributed by atoms with Gasteiger partial charge in [0, 0.05) is 42.1 Å². The smallest absolute Gasteiger partial charge is 0.0943 e.